The molecular weight excluding hydrogens is 275 g/mol. The SMILES string of the molecule is O=C(O)c1c(-c2ccc(F)cc2)noc1N1CCCCC1. The van der Waals surface area contributed by atoms with E-state index >= 15 is 0 Å². The molecular formula is C15H15FN2O3. The second-order valence-electron chi connectivity index (χ2n) is 5.07. The minimum absolute atomic E-state index is 0.0449. The number of carboxylic acid groups (broad SMARTS) is 1. The number of aromatic nitrogens is 1. The second-order valence-corrected chi connectivity index (χ2v) is 5.07. The summed E-state index contributed by atoms with van der Waals surface area (Å²) in [5, 5.41) is 13.4. The van der Waals surface area contributed by atoms with E-state index in [1.54, 1.807) is 0 Å². The second kappa shape index (κ2) is 5.55. The quantitative estimate of drug-likeness (QED) is 0.940. The van der Waals surface area contributed by atoms with Gasteiger partial charge in [0.2, 0.25) is 5.88 Å². The Labute approximate surface area is 121 Å². The van der Waals surface area contributed by atoms with Gasteiger partial charge in [0.1, 0.15) is 11.5 Å². The molecule has 3 rings (SSSR count). The molecule has 1 aromatic carbocycles. The summed E-state index contributed by atoms with van der Waals surface area (Å²) in [6.45, 7) is 1.52. The van der Waals surface area contributed by atoms with E-state index < -0.39 is 5.97 Å². The highest BCUT2D eigenvalue weighted by Gasteiger charge is 2.28. The lowest BCUT2D eigenvalue weighted by atomic mass is 10.1. The fourth-order valence-corrected chi connectivity index (χ4v) is 2.59. The summed E-state index contributed by atoms with van der Waals surface area (Å²) in [7, 11) is 0. The zero-order valence-corrected chi connectivity index (χ0v) is 11.4. The molecule has 1 saturated heterocycles. The van der Waals surface area contributed by atoms with E-state index in [1.807, 2.05) is 4.90 Å². The van der Waals surface area contributed by atoms with Crippen molar-refractivity contribution in [2.24, 2.45) is 0 Å². The molecule has 0 spiro atoms. The molecule has 1 fully saturated rings. The molecule has 0 bridgehead atoms. The van der Waals surface area contributed by atoms with E-state index in [2.05, 4.69) is 5.16 Å². The molecule has 0 unspecified atom stereocenters. The zero-order chi connectivity index (χ0) is 14.8. The lowest BCUT2D eigenvalue weighted by molar-refractivity contribution is 0.0697. The van der Waals surface area contributed by atoms with Crippen LogP contribution in [0.25, 0.3) is 11.3 Å². The molecule has 110 valence electrons. The van der Waals surface area contributed by atoms with Gasteiger partial charge in [0.25, 0.3) is 0 Å². The van der Waals surface area contributed by atoms with Crippen molar-refractivity contribution in [3.05, 3.63) is 35.6 Å². The number of benzene rings is 1. The van der Waals surface area contributed by atoms with E-state index in [-0.39, 0.29) is 17.1 Å². The van der Waals surface area contributed by atoms with Gasteiger partial charge in [-0.25, -0.2) is 9.18 Å². The summed E-state index contributed by atoms with van der Waals surface area (Å²) in [5.74, 6) is -1.17. The lowest BCUT2D eigenvalue weighted by Gasteiger charge is -2.25. The van der Waals surface area contributed by atoms with E-state index in [1.165, 1.54) is 24.3 Å². The van der Waals surface area contributed by atoms with Gasteiger partial charge >= 0.3 is 5.97 Å². The normalized spacial score (nSPS) is 15.2. The summed E-state index contributed by atoms with van der Waals surface area (Å²) in [6, 6.07) is 5.55. The van der Waals surface area contributed by atoms with Crippen LogP contribution in [0.3, 0.4) is 0 Å². The van der Waals surface area contributed by atoms with Gasteiger partial charge in [0.05, 0.1) is 0 Å². The lowest BCUT2D eigenvalue weighted by Crippen LogP contribution is -2.30. The third-order valence-corrected chi connectivity index (χ3v) is 3.65. The molecule has 1 aliphatic rings. The van der Waals surface area contributed by atoms with Crippen LogP contribution < -0.4 is 4.90 Å². The van der Waals surface area contributed by atoms with Crippen LogP contribution in [-0.4, -0.2) is 29.3 Å². The minimum atomic E-state index is -1.09. The topological polar surface area (TPSA) is 66.6 Å². The van der Waals surface area contributed by atoms with Crippen LogP contribution in [0.1, 0.15) is 29.6 Å². The van der Waals surface area contributed by atoms with Gasteiger partial charge < -0.3 is 14.5 Å². The van der Waals surface area contributed by atoms with Crippen LogP contribution in [-0.2, 0) is 0 Å². The largest absolute Gasteiger partial charge is 0.477 e. The summed E-state index contributed by atoms with van der Waals surface area (Å²) < 4.78 is 18.3. The number of nitrogens with zero attached hydrogens (tertiary/aromatic N) is 2. The fraction of sp³-hybridized carbons (Fsp3) is 0.333. The number of halogens is 1. The number of anilines is 1. The average molecular weight is 290 g/mol. The van der Waals surface area contributed by atoms with E-state index in [4.69, 9.17) is 4.52 Å². The first kappa shape index (κ1) is 13.6. The Morgan fingerprint density at radius 2 is 1.86 bits per heavy atom. The van der Waals surface area contributed by atoms with Crippen LogP contribution in [0.15, 0.2) is 28.8 Å². The zero-order valence-electron chi connectivity index (χ0n) is 11.4. The molecule has 1 aromatic heterocycles. The number of piperidine rings is 1. The van der Waals surface area contributed by atoms with Gasteiger partial charge in [-0.3, -0.25) is 0 Å². The van der Waals surface area contributed by atoms with E-state index in [0.29, 0.717) is 11.4 Å². The minimum Gasteiger partial charge on any atom is -0.477 e. The first-order valence-electron chi connectivity index (χ1n) is 6.90. The monoisotopic (exact) mass is 290 g/mol. The molecule has 1 aliphatic heterocycles. The summed E-state index contributed by atoms with van der Waals surface area (Å²) in [5.41, 5.74) is 0.812. The third kappa shape index (κ3) is 2.61. The van der Waals surface area contributed by atoms with Crippen molar-refractivity contribution in [2.45, 2.75) is 19.3 Å². The number of hydrogen-bond donors (Lipinski definition) is 1. The first-order chi connectivity index (χ1) is 10.2. The standard InChI is InChI=1S/C15H15FN2O3/c16-11-6-4-10(5-7-11)13-12(15(19)20)14(21-17-13)18-8-2-1-3-9-18/h4-7H,1-3,8-9H2,(H,19,20). The van der Waals surface area contributed by atoms with Crippen LogP contribution in [0.2, 0.25) is 0 Å². The van der Waals surface area contributed by atoms with Crippen molar-refractivity contribution in [2.75, 3.05) is 18.0 Å². The molecule has 21 heavy (non-hydrogen) atoms. The number of hydrogen-bond acceptors (Lipinski definition) is 4. The Morgan fingerprint density at radius 3 is 2.48 bits per heavy atom. The molecule has 0 atom stereocenters. The van der Waals surface area contributed by atoms with E-state index in [9.17, 15) is 14.3 Å². The Balaban J connectivity index is 2.03. The van der Waals surface area contributed by atoms with Crippen molar-refractivity contribution in [1.29, 1.82) is 0 Å². The van der Waals surface area contributed by atoms with Crippen LogP contribution >= 0.6 is 0 Å². The van der Waals surface area contributed by atoms with Gasteiger partial charge in [0.15, 0.2) is 5.56 Å². The van der Waals surface area contributed by atoms with Crippen molar-refractivity contribution in [1.82, 2.24) is 5.16 Å². The Kier molecular flexibility index (Phi) is 3.60. The molecule has 2 heterocycles. The van der Waals surface area contributed by atoms with Crippen LogP contribution in [0, 0.1) is 5.82 Å². The molecule has 6 heteroatoms. The summed E-state index contributed by atoms with van der Waals surface area (Å²) >= 11 is 0. The molecule has 1 N–H and O–H groups in total. The number of aromatic carboxylic acids is 1. The molecule has 5 nitrogen and oxygen atoms in total. The Bertz CT molecular complexity index is 645. The van der Waals surface area contributed by atoms with Gasteiger partial charge in [-0.2, -0.15) is 0 Å². The highest BCUT2D eigenvalue weighted by atomic mass is 19.1. The Hall–Kier alpha value is -2.37. The molecule has 0 aliphatic carbocycles. The molecule has 0 saturated carbocycles. The van der Waals surface area contributed by atoms with Crippen LogP contribution in [0.5, 0.6) is 0 Å². The first-order valence-corrected chi connectivity index (χ1v) is 6.90. The number of carbonyl (C=O) groups is 1. The van der Waals surface area contributed by atoms with Crippen LogP contribution in [0.4, 0.5) is 10.3 Å². The van der Waals surface area contributed by atoms with Gasteiger partial charge in [-0.15, -0.1) is 0 Å². The summed E-state index contributed by atoms with van der Waals surface area (Å²) in [4.78, 5) is 13.5. The van der Waals surface area contributed by atoms with Gasteiger partial charge in [0, 0.05) is 18.7 Å². The third-order valence-electron chi connectivity index (χ3n) is 3.65. The maximum Gasteiger partial charge on any atom is 0.343 e. The van der Waals surface area contributed by atoms with Crippen molar-refractivity contribution in [3.8, 4) is 11.3 Å². The predicted molar refractivity (Wildman–Crippen MR) is 74.9 cm³/mol. The highest BCUT2D eigenvalue weighted by Crippen LogP contribution is 2.32. The molecule has 2 aromatic rings. The summed E-state index contributed by atoms with van der Waals surface area (Å²) in [6.07, 6.45) is 3.15. The average Bonchev–Trinajstić information content (AvgIpc) is 2.94. The van der Waals surface area contributed by atoms with Gasteiger partial charge in [-0.1, -0.05) is 5.16 Å². The maximum absolute atomic E-state index is 13.0. The fourth-order valence-electron chi connectivity index (χ4n) is 2.59. The molecule has 0 radical (unpaired) electrons. The van der Waals surface area contributed by atoms with Gasteiger partial charge in [-0.05, 0) is 43.5 Å². The predicted octanol–water partition coefficient (Wildman–Crippen LogP) is 3.17. The number of carboxylic acids is 1. The van der Waals surface area contributed by atoms with Crippen molar-refractivity contribution in [3.63, 3.8) is 0 Å². The van der Waals surface area contributed by atoms with Crippen molar-refractivity contribution >= 4 is 11.9 Å². The van der Waals surface area contributed by atoms with Crippen molar-refractivity contribution < 1.29 is 18.8 Å². The van der Waals surface area contributed by atoms with E-state index in [0.717, 1.165) is 32.4 Å². The molecule has 0 amide bonds. The number of rotatable bonds is 3. The Morgan fingerprint density at radius 1 is 1.19 bits per heavy atom. The highest BCUT2D eigenvalue weighted by molar-refractivity contribution is 5.99. The maximum atomic E-state index is 13.0. The smallest absolute Gasteiger partial charge is 0.343 e.